The van der Waals surface area contributed by atoms with Crippen molar-refractivity contribution in [2.75, 3.05) is 18.0 Å². The van der Waals surface area contributed by atoms with Crippen LogP contribution in [0.2, 0.25) is 0 Å². The predicted molar refractivity (Wildman–Crippen MR) is 120 cm³/mol. The number of anilines is 1. The fourth-order valence-electron chi connectivity index (χ4n) is 4.25. The molecule has 1 aliphatic heterocycles. The van der Waals surface area contributed by atoms with Crippen LogP contribution in [0.5, 0.6) is 0 Å². The second-order valence-electron chi connectivity index (χ2n) is 8.35. The molecule has 1 aromatic carbocycles. The number of piperidine rings is 1. The molecule has 184 valence electrons. The summed E-state index contributed by atoms with van der Waals surface area (Å²) in [6, 6.07) is 9.74. The molecule has 2 aromatic heterocycles. The zero-order valence-corrected chi connectivity index (χ0v) is 18.6. The van der Waals surface area contributed by atoms with E-state index in [0.717, 1.165) is 17.7 Å². The first-order valence-electron chi connectivity index (χ1n) is 11.0. The summed E-state index contributed by atoms with van der Waals surface area (Å²) in [5, 5.41) is 11.5. The van der Waals surface area contributed by atoms with Crippen molar-refractivity contribution in [3.8, 4) is 0 Å². The van der Waals surface area contributed by atoms with E-state index in [0.29, 0.717) is 44.3 Å². The zero-order chi connectivity index (χ0) is 25.0. The van der Waals surface area contributed by atoms with Crippen LogP contribution >= 0.6 is 0 Å². The van der Waals surface area contributed by atoms with Gasteiger partial charge in [-0.15, -0.1) is 0 Å². The highest BCUT2D eigenvalue weighted by atomic mass is 19.4. The van der Waals surface area contributed by atoms with E-state index in [1.54, 1.807) is 40.4 Å². The maximum Gasteiger partial charge on any atom is 0.416 e. The number of furan rings is 1. The van der Waals surface area contributed by atoms with Crippen molar-refractivity contribution in [1.29, 1.82) is 0 Å². The minimum Gasteiger partial charge on any atom is -0.467 e. The SMILES string of the molecule is O=C(C1CCN(c2ccc(C(F)(F)F)cc2[N+](=O)[O-])CC1)N(Cc1cccnc1)Cc1ccco1. The third-order valence-corrected chi connectivity index (χ3v) is 6.02. The summed E-state index contributed by atoms with van der Waals surface area (Å²) in [5.41, 5.74) is -0.676. The molecule has 1 amide bonds. The first-order chi connectivity index (χ1) is 16.7. The van der Waals surface area contributed by atoms with Gasteiger partial charge in [0.25, 0.3) is 5.69 Å². The summed E-state index contributed by atoms with van der Waals surface area (Å²) in [6.07, 6.45) is 1.04. The van der Waals surface area contributed by atoms with Gasteiger partial charge in [-0.3, -0.25) is 19.9 Å². The van der Waals surface area contributed by atoms with Crippen LogP contribution in [0, 0.1) is 16.0 Å². The molecule has 0 atom stereocenters. The Balaban J connectivity index is 1.47. The van der Waals surface area contributed by atoms with Gasteiger partial charge in [-0.05, 0) is 48.7 Å². The van der Waals surface area contributed by atoms with Gasteiger partial charge in [-0.25, -0.2) is 0 Å². The number of carbonyl (C=O) groups excluding carboxylic acids is 1. The topological polar surface area (TPSA) is 92.7 Å². The van der Waals surface area contributed by atoms with Crippen molar-refractivity contribution in [3.63, 3.8) is 0 Å². The van der Waals surface area contributed by atoms with Gasteiger partial charge in [0.15, 0.2) is 0 Å². The molecule has 3 aromatic rings. The molecule has 1 fully saturated rings. The van der Waals surface area contributed by atoms with Crippen LogP contribution in [-0.4, -0.2) is 33.8 Å². The van der Waals surface area contributed by atoms with Gasteiger partial charge in [0.05, 0.1) is 23.3 Å². The molecule has 4 rings (SSSR count). The monoisotopic (exact) mass is 488 g/mol. The number of carbonyl (C=O) groups is 1. The van der Waals surface area contributed by atoms with E-state index in [1.807, 2.05) is 6.07 Å². The standard InChI is InChI=1S/C24H23F3N4O4/c25-24(26,27)19-5-6-21(22(13-19)31(33)34)29-10-7-18(8-11-29)23(32)30(16-20-4-2-12-35-20)15-17-3-1-9-28-14-17/h1-6,9,12-14,18H,7-8,10-11,15-16H2. The minimum absolute atomic E-state index is 0.0770. The Morgan fingerprint density at radius 3 is 2.54 bits per heavy atom. The Kier molecular flexibility index (Phi) is 7.04. The lowest BCUT2D eigenvalue weighted by atomic mass is 9.94. The second-order valence-corrected chi connectivity index (χ2v) is 8.35. The van der Waals surface area contributed by atoms with E-state index < -0.39 is 22.4 Å². The number of benzene rings is 1. The summed E-state index contributed by atoms with van der Waals surface area (Å²) in [6.45, 7) is 1.25. The van der Waals surface area contributed by atoms with E-state index in [-0.39, 0.29) is 24.1 Å². The normalized spacial score (nSPS) is 14.7. The Hall–Kier alpha value is -3.89. The van der Waals surface area contributed by atoms with Crippen molar-refractivity contribution in [3.05, 3.63) is 88.1 Å². The van der Waals surface area contributed by atoms with Crippen LogP contribution in [0.25, 0.3) is 0 Å². The molecular weight excluding hydrogens is 465 g/mol. The highest BCUT2D eigenvalue weighted by Gasteiger charge is 2.35. The molecule has 3 heterocycles. The van der Waals surface area contributed by atoms with Gasteiger partial charge >= 0.3 is 6.18 Å². The van der Waals surface area contributed by atoms with Gasteiger partial charge in [-0.1, -0.05) is 6.07 Å². The smallest absolute Gasteiger partial charge is 0.416 e. The largest absolute Gasteiger partial charge is 0.467 e. The molecule has 0 radical (unpaired) electrons. The number of hydrogen-bond donors (Lipinski definition) is 0. The number of hydrogen-bond acceptors (Lipinski definition) is 6. The molecule has 0 unspecified atom stereocenters. The number of alkyl halides is 3. The fourth-order valence-corrected chi connectivity index (χ4v) is 4.25. The van der Waals surface area contributed by atoms with Gasteiger partial charge in [0, 0.05) is 44.0 Å². The van der Waals surface area contributed by atoms with E-state index >= 15 is 0 Å². The molecule has 8 nitrogen and oxygen atoms in total. The summed E-state index contributed by atoms with van der Waals surface area (Å²) >= 11 is 0. The van der Waals surface area contributed by atoms with Crippen LogP contribution in [0.15, 0.2) is 65.5 Å². The number of halogens is 3. The predicted octanol–water partition coefficient (Wildman–Crippen LogP) is 5.05. The number of pyridine rings is 1. The molecular formula is C24H23F3N4O4. The average molecular weight is 488 g/mol. The summed E-state index contributed by atoms with van der Waals surface area (Å²) in [5.74, 6) is 0.235. The lowest BCUT2D eigenvalue weighted by Gasteiger charge is -2.35. The summed E-state index contributed by atoms with van der Waals surface area (Å²) < 4.78 is 44.5. The van der Waals surface area contributed by atoms with E-state index in [1.165, 1.54) is 6.26 Å². The van der Waals surface area contributed by atoms with Crippen LogP contribution in [0.1, 0.15) is 29.7 Å². The molecule has 0 saturated carbocycles. The van der Waals surface area contributed by atoms with Crippen molar-refractivity contribution < 1.29 is 27.3 Å². The molecule has 1 aliphatic rings. The van der Waals surface area contributed by atoms with E-state index in [4.69, 9.17) is 4.42 Å². The van der Waals surface area contributed by atoms with Crippen LogP contribution in [0.3, 0.4) is 0 Å². The zero-order valence-electron chi connectivity index (χ0n) is 18.6. The third kappa shape index (κ3) is 5.79. The Labute approximate surface area is 199 Å². The van der Waals surface area contributed by atoms with Crippen molar-refractivity contribution in [1.82, 2.24) is 9.88 Å². The third-order valence-electron chi connectivity index (χ3n) is 6.02. The maximum absolute atomic E-state index is 13.4. The molecule has 1 saturated heterocycles. The number of nitrogens with zero attached hydrogens (tertiary/aromatic N) is 4. The summed E-state index contributed by atoms with van der Waals surface area (Å²) in [7, 11) is 0. The molecule has 0 aliphatic carbocycles. The van der Waals surface area contributed by atoms with Crippen LogP contribution in [-0.2, 0) is 24.1 Å². The number of nitro benzene ring substituents is 1. The molecule has 11 heteroatoms. The van der Waals surface area contributed by atoms with Gasteiger partial charge in [0.2, 0.25) is 5.91 Å². The Morgan fingerprint density at radius 1 is 1.17 bits per heavy atom. The fraction of sp³-hybridized carbons (Fsp3) is 0.333. The van der Waals surface area contributed by atoms with Crippen LogP contribution in [0.4, 0.5) is 24.5 Å². The number of nitro groups is 1. The molecule has 0 spiro atoms. The van der Waals surface area contributed by atoms with Crippen molar-refractivity contribution in [2.45, 2.75) is 32.1 Å². The van der Waals surface area contributed by atoms with Gasteiger partial charge in [0.1, 0.15) is 11.4 Å². The quantitative estimate of drug-likeness (QED) is 0.342. The number of aromatic nitrogens is 1. The lowest BCUT2D eigenvalue weighted by Crippen LogP contribution is -2.42. The highest BCUT2D eigenvalue weighted by Crippen LogP contribution is 2.38. The van der Waals surface area contributed by atoms with Crippen molar-refractivity contribution >= 4 is 17.3 Å². The maximum atomic E-state index is 13.4. The highest BCUT2D eigenvalue weighted by molar-refractivity contribution is 5.79. The van der Waals surface area contributed by atoms with Gasteiger partial charge in [-0.2, -0.15) is 13.2 Å². The minimum atomic E-state index is -4.67. The molecule has 35 heavy (non-hydrogen) atoms. The van der Waals surface area contributed by atoms with E-state index in [9.17, 15) is 28.1 Å². The molecule has 0 N–H and O–H groups in total. The Bertz CT molecular complexity index is 1160. The Morgan fingerprint density at radius 2 is 1.94 bits per heavy atom. The van der Waals surface area contributed by atoms with Crippen LogP contribution < -0.4 is 4.90 Å². The number of amides is 1. The van der Waals surface area contributed by atoms with E-state index in [2.05, 4.69) is 4.98 Å². The lowest BCUT2D eigenvalue weighted by molar-refractivity contribution is -0.384. The van der Waals surface area contributed by atoms with Gasteiger partial charge < -0.3 is 14.2 Å². The van der Waals surface area contributed by atoms with Crippen molar-refractivity contribution in [2.24, 2.45) is 5.92 Å². The first kappa shape index (κ1) is 24.2. The molecule has 0 bridgehead atoms. The number of rotatable bonds is 7. The average Bonchev–Trinajstić information content (AvgIpc) is 3.36. The summed E-state index contributed by atoms with van der Waals surface area (Å²) in [4.78, 5) is 31.5. The first-order valence-corrected chi connectivity index (χ1v) is 11.0. The second kappa shape index (κ2) is 10.2.